The minimum atomic E-state index is -0.200. The summed E-state index contributed by atoms with van der Waals surface area (Å²) in [6, 6.07) is 6.71. The second-order valence-corrected chi connectivity index (χ2v) is 5.82. The number of aliphatic hydroxyl groups excluding tert-OH is 1. The number of halogens is 1. The second kappa shape index (κ2) is 5.95. The summed E-state index contributed by atoms with van der Waals surface area (Å²) in [4.78, 5) is 2.27. The predicted molar refractivity (Wildman–Crippen MR) is 78.2 cm³/mol. The molecule has 2 aromatic rings. The van der Waals surface area contributed by atoms with Gasteiger partial charge in [-0.25, -0.2) is 4.39 Å². The second-order valence-electron chi connectivity index (χ2n) is 5.82. The number of hydrogen-bond acceptors (Lipinski definition) is 3. The Balaban J connectivity index is 1.72. The number of hydrogen-bond donors (Lipinski definition) is 1. The van der Waals surface area contributed by atoms with Crippen LogP contribution in [-0.4, -0.2) is 39.5 Å². The van der Waals surface area contributed by atoms with E-state index >= 15 is 0 Å². The number of aliphatic hydroxyl groups is 1. The molecule has 112 valence electrons. The van der Waals surface area contributed by atoms with Crippen molar-refractivity contribution in [2.45, 2.75) is 12.5 Å². The van der Waals surface area contributed by atoms with Crippen molar-refractivity contribution in [3.05, 3.63) is 53.6 Å². The number of aromatic nitrogens is 2. The van der Waals surface area contributed by atoms with Crippen LogP contribution in [0.4, 0.5) is 4.39 Å². The third kappa shape index (κ3) is 3.14. The molecule has 3 rings (SSSR count). The third-order valence-corrected chi connectivity index (χ3v) is 4.20. The van der Waals surface area contributed by atoms with Gasteiger partial charge < -0.3 is 5.11 Å². The summed E-state index contributed by atoms with van der Waals surface area (Å²) >= 11 is 0. The lowest BCUT2D eigenvalue weighted by molar-refractivity contribution is 0.214. The number of nitrogens with zero attached hydrogens (tertiary/aromatic N) is 3. The number of rotatable bonds is 4. The van der Waals surface area contributed by atoms with Crippen molar-refractivity contribution in [3.8, 4) is 0 Å². The van der Waals surface area contributed by atoms with E-state index in [1.165, 1.54) is 11.6 Å². The van der Waals surface area contributed by atoms with Gasteiger partial charge in [0.25, 0.3) is 0 Å². The summed E-state index contributed by atoms with van der Waals surface area (Å²) in [6.07, 6.45) is 3.89. The molecule has 0 spiro atoms. The molecule has 1 saturated heterocycles. The van der Waals surface area contributed by atoms with Crippen LogP contribution in [0.25, 0.3) is 0 Å². The fraction of sp³-hybridized carbons (Fsp3) is 0.438. The molecule has 1 aliphatic rings. The van der Waals surface area contributed by atoms with E-state index in [2.05, 4.69) is 10.00 Å². The molecule has 1 aliphatic heterocycles. The molecule has 5 heteroatoms. The average Bonchev–Trinajstić information content (AvgIpc) is 3.05. The highest BCUT2D eigenvalue weighted by Crippen LogP contribution is 2.32. The quantitative estimate of drug-likeness (QED) is 0.932. The fourth-order valence-corrected chi connectivity index (χ4v) is 3.18. The van der Waals surface area contributed by atoms with Gasteiger partial charge in [-0.3, -0.25) is 9.58 Å². The van der Waals surface area contributed by atoms with Gasteiger partial charge in [0.2, 0.25) is 0 Å². The molecule has 0 unspecified atom stereocenters. The van der Waals surface area contributed by atoms with Crippen LogP contribution >= 0.6 is 0 Å². The van der Waals surface area contributed by atoms with Crippen molar-refractivity contribution >= 4 is 0 Å². The highest BCUT2D eigenvalue weighted by atomic mass is 19.1. The Morgan fingerprint density at radius 3 is 2.90 bits per heavy atom. The molecular formula is C16H20FN3O. The first kappa shape index (κ1) is 14.2. The normalized spacial score (nSPS) is 22.8. The molecule has 1 aromatic carbocycles. The number of benzene rings is 1. The lowest BCUT2D eigenvalue weighted by Crippen LogP contribution is -2.21. The van der Waals surface area contributed by atoms with Crippen LogP contribution in [0.15, 0.2) is 36.7 Å². The first-order valence-corrected chi connectivity index (χ1v) is 7.22. The monoisotopic (exact) mass is 289 g/mol. The molecule has 1 aromatic heterocycles. The van der Waals surface area contributed by atoms with Gasteiger partial charge >= 0.3 is 0 Å². The van der Waals surface area contributed by atoms with Gasteiger partial charge in [0.05, 0.1) is 6.20 Å². The van der Waals surface area contributed by atoms with Crippen molar-refractivity contribution in [3.63, 3.8) is 0 Å². The van der Waals surface area contributed by atoms with Gasteiger partial charge in [-0.15, -0.1) is 0 Å². The average molecular weight is 289 g/mol. The summed E-state index contributed by atoms with van der Waals surface area (Å²) in [6.45, 7) is 2.57. The Morgan fingerprint density at radius 2 is 2.24 bits per heavy atom. The Bertz CT molecular complexity index is 613. The van der Waals surface area contributed by atoms with Gasteiger partial charge in [0.1, 0.15) is 5.82 Å². The van der Waals surface area contributed by atoms with Crippen LogP contribution in [-0.2, 0) is 13.6 Å². The lowest BCUT2D eigenvalue weighted by atomic mass is 9.92. The van der Waals surface area contributed by atoms with E-state index in [4.69, 9.17) is 0 Å². The van der Waals surface area contributed by atoms with Crippen molar-refractivity contribution in [2.75, 3.05) is 19.7 Å². The highest BCUT2D eigenvalue weighted by molar-refractivity contribution is 5.19. The van der Waals surface area contributed by atoms with Gasteiger partial charge in [-0.2, -0.15) is 5.10 Å². The van der Waals surface area contributed by atoms with E-state index in [-0.39, 0.29) is 24.3 Å². The Morgan fingerprint density at radius 1 is 1.38 bits per heavy atom. The summed E-state index contributed by atoms with van der Waals surface area (Å²) in [7, 11) is 1.90. The van der Waals surface area contributed by atoms with Crippen LogP contribution in [0.3, 0.4) is 0 Å². The molecule has 0 amide bonds. The third-order valence-electron chi connectivity index (χ3n) is 4.20. The number of aryl methyl sites for hydroxylation is 1. The van der Waals surface area contributed by atoms with Gasteiger partial charge in [-0.1, -0.05) is 12.1 Å². The Labute approximate surface area is 123 Å². The molecule has 2 atom stereocenters. The first-order valence-electron chi connectivity index (χ1n) is 7.22. The zero-order valence-electron chi connectivity index (χ0n) is 12.1. The maximum atomic E-state index is 13.3. The SMILES string of the molecule is Cn1cc([C@@H]2CN(Cc3cccc(F)c3)C[C@H]2CO)cn1. The summed E-state index contributed by atoms with van der Waals surface area (Å²) < 4.78 is 15.0. The summed E-state index contributed by atoms with van der Waals surface area (Å²) in [5.74, 6) is 0.300. The van der Waals surface area contributed by atoms with Crippen molar-refractivity contribution < 1.29 is 9.50 Å². The molecule has 1 N–H and O–H groups in total. The van der Waals surface area contributed by atoms with Crippen LogP contribution in [0.2, 0.25) is 0 Å². The lowest BCUT2D eigenvalue weighted by Gasteiger charge is -2.15. The fourth-order valence-electron chi connectivity index (χ4n) is 3.18. The van der Waals surface area contributed by atoms with E-state index in [1.54, 1.807) is 16.8 Å². The molecule has 2 heterocycles. The molecule has 1 fully saturated rings. The predicted octanol–water partition coefficient (Wildman–Crippen LogP) is 1.77. The maximum Gasteiger partial charge on any atom is 0.123 e. The molecule has 4 nitrogen and oxygen atoms in total. The zero-order chi connectivity index (χ0) is 14.8. The van der Waals surface area contributed by atoms with E-state index in [0.717, 1.165) is 18.7 Å². The minimum Gasteiger partial charge on any atom is -0.396 e. The Hall–Kier alpha value is -1.72. The van der Waals surface area contributed by atoms with Gasteiger partial charge in [0, 0.05) is 51.3 Å². The van der Waals surface area contributed by atoms with Crippen LogP contribution in [0.5, 0.6) is 0 Å². The smallest absolute Gasteiger partial charge is 0.123 e. The van der Waals surface area contributed by atoms with Crippen molar-refractivity contribution in [2.24, 2.45) is 13.0 Å². The molecule has 21 heavy (non-hydrogen) atoms. The summed E-state index contributed by atoms with van der Waals surface area (Å²) in [5, 5.41) is 13.8. The largest absolute Gasteiger partial charge is 0.396 e. The van der Waals surface area contributed by atoms with E-state index in [9.17, 15) is 9.50 Å². The first-order chi connectivity index (χ1) is 10.2. The standard InChI is InChI=1S/C16H20FN3O/c1-19-8-13(6-18-19)16-10-20(9-14(16)11-21)7-12-3-2-4-15(17)5-12/h2-6,8,14,16,21H,7,9-11H2,1H3/t14-,16-/m0/s1. The zero-order valence-corrected chi connectivity index (χ0v) is 12.1. The molecule has 0 radical (unpaired) electrons. The van der Waals surface area contributed by atoms with Crippen LogP contribution in [0.1, 0.15) is 17.0 Å². The molecule has 0 bridgehead atoms. The van der Waals surface area contributed by atoms with E-state index < -0.39 is 0 Å². The van der Waals surface area contributed by atoms with Gasteiger partial charge in [0.15, 0.2) is 0 Å². The van der Waals surface area contributed by atoms with Crippen molar-refractivity contribution in [1.29, 1.82) is 0 Å². The van der Waals surface area contributed by atoms with E-state index in [0.29, 0.717) is 6.54 Å². The van der Waals surface area contributed by atoms with Crippen molar-refractivity contribution in [1.82, 2.24) is 14.7 Å². The summed E-state index contributed by atoms with van der Waals surface area (Å²) in [5.41, 5.74) is 2.14. The maximum absolute atomic E-state index is 13.3. The molecular weight excluding hydrogens is 269 g/mol. The van der Waals surface area contributed by atoms with Gasteiger partial charge in [-0.05, 0) is 23.3 Å². The minimum absolute atomic E-state index is 0.166. The van der Waals surface area contributed by atoms with E-state index in [1.807, 2.05) is 25.5 Å². The topological polar surface area (TPSA) is 41.3 Å². The molecule has 0 aliphatic carbocycles. The Kier molecular flexibility index (Phi) is 4.03. The molecule has 0 saturated carbocycles. The number of likely N-dealkylation sites (tertiary alicyclic amines) is 1. The van der Waals surface area contributed by atoms with Crippen LogP contribution in [0, 0.1) is 11.7 Å². The van der Waals surface area contributed by atoms with Crippen LogP contribution < -0.4 is 0 Å². The highest BCUT2D eigenvalue weighted by Gasteiger charge is 2.33.